The first-order valence-electron chi connectivity index (χ1n) is 17.7. The standard InChI is InChI=1S/C40H49N5O4S/c1-3-4-5-6-7-13-26-45(2)40(47)37(27-30-18-20-33(21-19-30)39-41-24-25-42-39)43-38(46)29-36(32-15-9-8-10-16-32)44-50(48,49)35-23-22-31-14-11-12-17-34(31)28-35/h8-12,14-23,28,36-37,44H,3-7,13,24-27,29H2,1-2H3,(H,41,42)(H,43,46). The number of nitrogens with zero attached hydrogens (tertiary/aromatic N) is 2. The van der Waals surface area contributed by atoms with Crippen LogP contribution in [-0.4, -0.2) is 63.7 Å². The lowest BCUT2D eigenvalue weighted by Crippen LogP contribution is -2.49. The van der Waals surface area contributed by atoms with Crippen molar-refractivity contribution in [1.82, 2.24) is 20.3 Å². The highest BCUT2D eigenvalue weighted by molar-refractivity contribution is 7.89. The number of hydrogen-bond donors (Lipinski definition) is 3. The van der Waals surface area contributed by atoms with Crippen molar-refractivity contribution < 1.29 is 18.0 Å². The molecule has 5 rings (SSSR count). The molecule has 0 spiro atoms. The monoisotopic (exact) mass is 695 g/mol. The Morgan fingerprint density at radius 2 is 1.56 bits per heavy atom. The molecule has 0 saturated carbocycles. The molecule has 4 aromatic rings. The number of fused-ring (bicyclic) bond motifs is 1. The number of benzene rings is 4. The summed E-state index contributed by atoms with van der Waals surface area (Å²) >= 11 is 0. The van der Waals surface area contributed by atoms with Gasteiger partial charge in [0.1, 0.15) is 11.9 Å². The Morgan fingerprint density at radius 1 is 0.860 bits per heavy atom. The summed E-state index contributed by atoms with van der Waals surface area (Å²) in [6.45, 7) is 4.34. The first kappa shape index (κ1) is 36.7. The average molecular weight is 696 g/mol. The molecule has 0 saturated heterocycles. The van der Waals surface area contributed by atoms with Gasteiger partial charge in [-0.1, -0.05) is 124 Å². The van der Waals surface area contributed by atoms with Gasteiger partial charge in [-0.15, -0.1) is 0 Å². The number of aliphatic imine (C=N–C) groups is 1. The van der Waals surface area contributed by atoms with Gasteiger partial charge in [0.25, 0.3) is 0 Å². The van der Waals surface area contributed by atoms with Gasteiger partial charge >= 0.3 is 0 Å². The van der Waals surface area contributed by atoms with E-state index in [4.69, 9.17) is 0 Å². The Morgan fingerprint density at radius 3 is 2.28 bits per heavy atom. The van der Waals surface area contributed by atoms with Crippen LogP contribution in [0.15, 0.2) is 107 Å². The number of nitrogens with one attached hydrogen (secondary N) is 3. The van der Waals surface area contributed by atoms with Crippen LogP contribution in [0.25, 0.3) is 10.8 Å². The van der Waals surface area contributed by atoms with Crippen molar-refractivity contribution in [2.24, 2.45) is 4.99 Å². The lowest BCUT2D eigenvalue weighted by atomic mass is 10.0. The molecule has 10 heteroatoms. The number of hydrogen-bond acceptors (Lipinski definition) is 6. The molecule has 0 aromatic heterocycles. The molecule has 1 aliphatic heterocycles. The molecule has 1 aliphatic rings. The molecule has 1 heterocycles. The zero-order valence-electron chi connectivity index (χ0n) is 29.1. The van der Waals surface area contributed by atoms with E-state index in [1.165, 1.54) is 19.3 Å². The van der Waals surface area contributed by atoms with E-state index in [-0.39, 0.29) is 17.2 Å². The summed E-state index contributed by atoms with van der Waals surface area (Å²) in [7, 11) is -2.22. The van der Waals surface area contributed by atoms with Gasteiger partial charge in [-0.05, 0) is 40.5 Å². The minimum Gasteiger partial charge on any atom is -0.368 e. The second-order valence-electron chi connectivity index (χ2n) is 13.0. The first-order valence-corrected chi connectivity index (χ1v) is 19.2. The molecule has 9 nitrogen and oxygen atoms in total. The molecule has 2 amide bonds. The lowest BCUT2D eigenvalue weighted by Gasteiger charge is -2.26. The highest BCUT2D eigenvalue weighted by Crippen LogP contribution is 2.24. The van der Waals surface area contributed by atoms with Crippen LogP contribution < -0.4 is 15.4 Å². The zero-order chi connectivity index (χ0) is 35.3. The topological polar surface area (TPSA) is 120 Å². The van der Waals surface area contributed by atoms with Crippen LogP contribution in [0, 0.1) is 0 Å². The maximum atomic E-state index is 13.9. The number of unbranched alkanes of at least 4 members (excludes halogenated alkanes) is 5. The predicted molar refractivity (Wildman–Crippen MR) is 201 cm³/mol. The van der Waals surface area contributed by atoms with Crippen LogP contribution in [0.2, 0.25) is 0 Å². The molecule has 4 aromatic carbocycles. The van der Waals surface area contributed by atoms with E-state index in [9.17, 15) is 18.0 Å². The van der Waals surface area contributed by atoms with Crippen LogP contribution in [0.4, 0.5) is 0 Å². The number of rotatable bonds is 18. The molecular weight excluding hydrogens is 647 g/mol. The maximum Gasteiger partial charge on any atom is 0.245 e. The first-order chi connectivity index (χ1) is 24.2. The van der Waals surface area contributed by atoms with Gasteiger partial charge in [-0.3, -0.25) is 14.6 Å². The van der Waals surface area contributed by atoms with Crippen LogP contribution in [0.5, 0.6) is 0 Å². The van der Waals surface area contributed by atoms with E-state index >= 15 is 0 Å². The van der Waals surface area contributed by atoms with E-state index < -0.39 is 28.0 Å². The van der Waals surface area contributed by atoms with E-state index in [1.54, 1.807) is 42.3 Å². The summed E-state index contributed by atoms with van der Waals surface area (Å²) < 4.78 is 30.2. The second-order valence-corrected chi connectivity index (χ2v) is 14.7. The Labute approximate surface area is 296 Å². The van der Waals surface area contributed by atoms with E-state index in [2.05, 4.69) is 27.3 Å². The minimum atomic E-state index is -4.00. The maximum absolute atomic E-state index is 13.9. The van der Waals surface area contributed by atoms with Gasteiger partial charge in [-0.25, -0.2) is 13.1 Å². The average Bonchev–Trinajstić information content (AvgIpc) is 3.68. The van der Waals surface area contributed by atoms with Crippen molar-refractivity contribution >= 4 is 38.4 Å². The number of carbonyl (C=O) groups excluding carboxylic acids is 2. The third-order valence-corrected chi connectivity index (χ3v) is 10.6. The summed E-state index contributed by atoms with van der Waals surface area (Å²) in [5, 5.41) is 7.99. The Bertz CT molecular complexity index is 1860. The van der Waals surface area contributed by atoms with E-state index in [0.717, 1.165) is 60.1 Å². The Hall–Kier alpha value is -4.54. The van der Waals surface area contributed by atoms with Crippen molar-refractivity contribution in [3.05, 3.63) is 114 Å². The van der Waals surface area contributed by atoms with Crippen molar-refractivity contribution in [2.75, 3.05) is 26.7 Å². The Kier molecular flexibility index (Phi) is 13.2. The molecule has 3 N–H and O–H groups in total. The predicted octanol–water partition coefficient (Wildman–Crippen LogP) is 6.15. The smallest absolute Gasteiger partial charge is 0.245 e. The Balaban J connectivity index is 1.32. The highest BCUT2D eigenvalue weighted by atomic mass is 32.2. The quantitative estimate of drug-likeness (QED) is 0.108. The van der Waals surface area contributed by atoms with Crippen molar-refractivity contribution in [2.45, 2.75) is 75.3 Å². The highest BCUT2D eigenvalue weighted by Gasteiger charge is 2.28. The van der Waals surface area contributed by atoms with E-state index in [1.807, 2.05) is 66.7 Å². The van der Waals surface area contributed by atoms with Gasteiger partial charge in [0.15, 0.2) is 0 Å². The fourth-order valence-corrected chi connectivity index (χ4v) is 7.53. The number of sulfonamides is 1. The number of amidine groups is 1. The molecular formula is C40H49N5O4S. The molecule has 264 valence electrons. The molecule has 0 fully saturated rings. The zero-order valence-corrected chi connectivity index (χ0v) is 29.9. The molecule has 0 radical (unpaired) electrons. The molecule has 0 aliphatic carbocycles. The van der Waals surface area contributed by atoms with Gasteiger partial charge < -0.3 is 15.5 Å². The molecule has 0 bridgehead atoms. The van der Waals surface area contributed by atoms with Crippen LogP contribution >= 0.6 is 0 Å². The van der Waals surface area contributed by atoms with Crippen LogP contribution in [0.1, 0.15) is 74.6 Å². The van der Waals surface area contributed by atoms with Gasteiger partial charge in [-0.2, -0.15) is 0 Å². The van der Waals surface area contributed by atoms with Crippen LogP contribution in [0.3, 0.4) is 0 Å². The fraction of sp³-hybridized carbons (Fsp3) is 0.375. The molecule has 2 atom stereocenters. The summed E-state index contributed by atoms with van der Waals surface area (Å²) in [5.74, 6) is 0.257. The summed E-state index contributed by atoms with van der Waals surface area (Å²) in [6, 6.07) is 27.8. The second kappa shape index (κ2) is 17.9. The largest absolute Gasteiger partial charge is 0.368 e. The van der Waals surface area contributed by atoms with Gasteiger partial charge in [0, 0.05) is 38.5 Å². The fourth-order valence-electron chi connectivity index (χ4n) is 6.27. The summed E-state index contributed by atoms with van der Waals surface area (Å²) in [5.41, 5.74) is 2.52. The SMILES string of the molecule is CCCCCCCCN(C)C(=O)C(Cc1ccc(C2=NCCN2)cc1)NC(=O)CC(NS(=O)(=O)c1ccc2ccccc2c1)c1ccccc1. The molecule has 2 unspecified atom stereocenters. The third kappa shape index (κ3) is 10.2. The van der Waals surface area contributed by atoms with Crippen molar-refractivity contribution in [1.29, 1.82) is 0 Å². The molecule has 50 heavy (non-hydrogen) atoms. The van der Waals surface area contributed by atoms with E-state index in [0.29, 0.717) is 18.5 Å². The lowest BCUT2D eigenvalue weighted by molar-refractivity contribution is -0.135. The van der Waals surface area contributed by atoms with Crippen molar-refractivity contribution in [3.63, 3.8) is 0 Å². The summed E-state index contributed by atoms with van der Waals surface area (Å²) in [4.78, 5) is 34.0. The normalized spacial score (nSPS) is 14.1. The number of amides is 2. The third-order valence-electron chi connectivity index (χ3n) is 9.12. The number of likely N-dealkylation sites (N-methyl/N-ethyl adjacent to an activating group) is 1. The van der Waals surface area contributed by atoms with Crippen molar-refractivity contribution in [3.8, 4) is 0 Å². The van der Waals surface area contributed by atoms with Gasteiger partial charge in [0.05, 0.1) is 17.5 Å². The van der Waals surface area contributed by atoms with Crippen LogP contribution in [-0.2, 0) is 26.0 Å². The number of carbonyl (C=O) groups is 2. The summed E-state index contributed by atoms with van der Waals surface area (Å²) in [6.07, 6.45) is 6.77. The minimum absolute atomic E-state index is 0.115. The van der Waals surface area contributed by atoms with Gasteiger partial charge in [0.2, 0.25) is 21.8 Å².